The quantitative estimate of drug-likeness (QED) is 0.861. The van der Waals surface area contributed by atoms with E-state index in [-0.39, 0.29) is 5.91 Å². The Labute approximate surface area is 148 Å². The fourth-order valence-corrected chi connectivity index (χ4v) is 3.73. The average molecular weight is 336 g/mol. The minimum atomic E-state index is 0.00139. The molecular weight excluding hydrogens is 312 g/mol. The van der Waals surface area contributed by atoms with Crippen molar-refractivity contribution in [3.05, 3.63) is 53.2 Å². The molecule has 2 aliphatic rings. The highest BCUT2D eigenvalue weighted by Gasteiger charge is 2.32. The molecule has 0 N–H and O–H groups in total. The predicted molar refractivity (Wildman–Crippen MR) is 97.8 cm³/mol. The predicted octanol–water partition coefficient (Wildman–Crippen LogP) is 2.70. The zero-order chi connectivity index (χ0) is 17.2. The molecule has 0 aliphatic carbocycles. The Balaban J connectivity index is 1.33. The van der Waals surface area contributed by atoms with E-state index >= 15 is 0 Å². The highest BCUT2D eigenvalue weighted by Crippen LogP contribution is 2.24. The third kappa shape index (κ3) is 3.36. The van der Waals surface area contributed by atoms with E-state index in [1.807, 2.05) is 17.0 Å². The van der Waals surface area contributed by atoms with Crippen LogP contribution in [-0.4, -0.2) is 47.2 Å². The fourth-order valence-electron chi connectivity index (χ4n) is 3.73. The first-order valence-corrected chi connectivity index (χ1v) is 9.13. The maximum absolute atomic E-state index is 12.5. The van der Waals surface area contributed by atoms with Gasteiger partial charge in [-0.3, -0.25) is 4.79 Å². The first kappa shape index (κ1) is 16.1. The fraction of sp³-hybridized carbons (Fsp3) is 0.450. The Kier molecular flexibility index (Phi) is 4.38. The van der Waals surface area contributed by atoms with Gasteiger partial charge in [0.15, 0.2) is 11.5 Å². The van der Waals surface area contributed by atoms with Crippen molar-refractivity contribution >= 4 is 11.7 Å². The second-order valence-electron chi connectivity index (χ2n) is 7.18. The summed E-state index contributed by atoms with van der Waals surface area (Å²) >= 11 is 0. The minimum Gasteiger partial charge on any atom is -0.355 e. The summed E-state index contributed by atoms with van der Waals surface area (Å²) in [6.45, 7) is 5.84. The Morgan fingerprint density at radius 3 is 2.52 bits per heavy atom. The van der Waals surface area contributed by atoms with Crippen molar-refractivity contribution < 1.29 is 4.79 Å². The molecule has 2 saturated heterocycles. The molecule has 1 aromatic heterocycles. The molecule has 0 radical (unpaired) electrons. The van der Waals surface area contributed by atoms with Crippen molar-refractivity contribution in [3.63, 3.8) is 0 Å². The van der Waals surface area contributed by atoms with Gasteiger partial charge in [0.1, 0.15) is 0 Å². The molecule has 3 heterocycles. The largest absolute Gasteiger partial charge is 0.355 e. The van der Waals surface area contributed by atoms with E-state index < -0.39 is 0 Å². The number of hydrogen-bond acceptors (Lipinski definition) is 4. The molecule has 0 bridgehead atoms. The van der Waals surface area contributed by atoms with Gasteiger partial charge in [0.05, 0.1) is 0 Å². The van der Waals surface area contributed by atoms with E-state index in [1.165, 1.54) is 24.0 Å². The topological polar surface area (TPSA) is 49.3 Å². The summed E-state index contributed by atoms with van der Waals surface area (Å²) in [4.78, 5) is 16.6. The van der Waals surface area contributed by atoms with Crippen LogP contribution in [0.2, 0.25) is 0 Å². The molecular formula is C20H24N4O. The van der Waals surface area contributed by atoms with Gasteiger partial charge in [-0.15, -0.1) is 10.2 Å². The number of anilines is 1. The van der Waals surface area contributed by atoms with Crippen LogP contribution in [0.4, 0.5) is 5.82 Å². The van der Waals surface area contributed by atoms with Crippen LogP contribution in [0.1, 0.15) is 34.5 Å². The molecule has 2 fully saturated rings. The van der Waals surface area contributed by atoms with Gasteiger partial charge < -0.3 is 9.80 Å². The molecule has 4 rings (SSSR count). The lowest BCUT2D eigenvalue weighted by molar-refractivity contribution is 0.0493. The Morgan fingerprint density at radius 2 is 1.84 bits per heavy atom. The molecule has 0 atom stereocenters. The van der Waals surface area contributed by atoms with Crippen molar-refractivity contribution in [2.45, 2.75) is 26.2 Å². The second kappa shape index (κ2) is 6.82. The molecule has 2 aromatic rings. The SMILES string of the molecule is Cc1ccccc1CC1CN(C(=O)c2ccc(N3CCCC3)nn2)C1. The number of hydrogen-bond donors (Lipinski definition) is 0. The van der Waals surface area contributed by atoms with Gasteiger partial charge in [-0.25, -0.2) is 0 Å². The van der Waals surface area contributed by atoms with E-state index in [1.54, 1.807) is 0 Å². The average Bonchev–Trinajstić information content (AvgIpc) is 3.13. The summed E-state index contributed by atoms with van der Waals surface area (Å²) in [5, 5.41) is 8.42. The number of likely N-dealkylation sites (tertiary alicyclic amines) is 1. The van der Waals surface area contributed by atoms with Crippen molar-refractivity contribution in [2.75, 3.05) is 31.1 Å². The van der Waals surface area contributed by atoms with Gasteiger partial charge in [-0.1, -0.05) is 24.3 Å². The summed E-state index contributed by atoms with van der Waals surface area (Å²) in [6, 6.07) is 12.2. The number of benzene rings is 1. The van der Waals surface area contributed by atoms with Gasteiger partial charge in [0.2, 0.25) is 0 Å². The minimum absolute atomic E-state index is 0.00139. The zero-order valence-corrected chi connectivity index (χ0v) is 14.7. The molecule has 5 heteroatoms. The Morgan fingerprint density at radius 1 is 1.08 bits per heavy atom. The third-order valence-corrected chi connectivity index (χ3v) is 5.31. The summed E-state index contributed by atoms with van der Waals surface area (Å²) in [7, 11) is 0. The summed E-state index contributed by atoms with van der Waals surface area (Å²) in [5.41, 5.74) is 3.17. The first-order valence-electron chi connectivity index (χ1n) is 9.13. The monoisotopic (exact) mass is 336 g/mol. The highest BCUT2D eigenvalue weighted by atomic mass is 16.2. The van der Waals surface area contributed by atoms with Crippen molar-refractivity contribution in [1.29, 1.82) is 0 Å². The number of nitrogens with zero attached hydrogens (tertiary/aromatic N) is 4. The van der Waals surface area contributed by atoms with Crippen LogP contribution < -0.4 is 4.90 Å². The number of carbonyl (C=O) groups excluding carboxylic acids is 1. The van der Waals surface area contributed by atoms with Crippen molar-refractivity contribution in [3.8, 4) is 0 Å². The molecule has 0 spiro atoms. The lowest BCUT2D eigenvalue weighted by Gasteiger charge is -2.39. The lowest BCUT2D eigenvalue weighted by Crippen LogP contribution is -2.51. The van der Waals surface area contributed by atoms with Crippen LogP contribution in [0.5, 0.6) is 0 Å². The molecule has 1 amide bonds. The van der Waals surface area contributed by atoms with Crippen LogP contribution in [0.3, 0.4) is 0 Å². The van der Waals surface area contributed by atoms with Crippen LogP contribution in [0.15, 0.2) is 36.4 Å². The van der Waals surface area contributed by atoms with Crippen LogP contribution in [0.25, 0.3) is 0 Å². The molecule has 25 heavy (non-hydrogen) atoms. The third-order valence-electron chi connectivity index (χ3n) is 5.31. The van der Waals surface area contributed by atoms with Crippen LogP contribution in [-0.2, 0) is 6.42 Å². The zero-order valence-electron chi connectivity index (χ0n) is 14.7. The van der Waals surface area contributed by atoms with Gasteiger partial charge in [0.25, 0.3) is 5.91 Å². The van der Waals surface area contributed by atoms with E-state index in [0.717, 1.165) is 38.4 Å². The number of amides is 1. The maximum atomic E-state index is 12.5. The summed E-state index contributed by atoms with van der Waals surface area (Å²) in [6.07, 6.45) is 3.45. The molecule has 130 valence electrons. The highest BCUT2D eigenvalue weighted by molar-refractivity contribution is 5.92. The van der Waals surface area contributed by atoms with E-state index in [9.17, 15) is 4.79 Å². The van der Waals surface area contributed by atoms with Crippen molar-refractivity contribution in [1.82, 2.24) is 15.1 Å². The molecule has 1 aromatic carbocycles. The summed E-state index contributed by atoms with van der Waals surface area (Å²) < 4.78 is 0. The Hall–Kier alpha value is -2.43. The van der Waals surface area contributed by atoms with E-state index in [4.69, 9.17) is 0 Å². The lowest BCUT2D eigenvalue weighted by atomic mass is 9.90. The van der Waals surface area contributed by atoms with Crippen molar-refractivity contribution in [2.24, 2.45) is 5.92 Å². The normalized spacial score (nSPS) is 17.6. The van der Waals surface area contributed by atoms with Gasteiger partial charge >= 0.3 is 0 Å². The number of carbonyl (C=O) groups is 1. The standard InChI is InChI=1S/C20H24N4O/c1-15-6-2-3-7-17(15)12-16-13-24(14-16)20(25)18-8-9-19(22-21-18)23-10-4-5-11-23/h2-3,6-9,16H,4-5,10-14H2,1H3. The maximum Gasteiger partial charge on any atom is 0.274 e. The smallest absolute Gasteiger partial charge is 0.274 e. The van der Waals surface area contributed by atoms with E-state index in [2.05, 4.69) is 46.3 Å². The van der Waals surface area contributed by atoms with Gasteiger partial charge in [-0.2, -0.15) is 0 Å². The second-order valence-corrected chi connectivity index (χ2v) is 7.18. The molecule has 0 saturated carbocycles. The van der Waals surface area contributed by atoms with Gasteiger partial charge in [0, 0.05) is 26.2 Å². The molecule has 0 unspecified atom stereocenters. The van der Waals surface area contributed by atoms with Crippen LogP contribution >= 0.6 is 0 Å². The number of rotatable bonds is 4. The van der Waals surface area contributed by atoms with E-state index in [0.29, 0.717) is 11.6 Å². The van der Waals surface area contributed by atoms with Gasteiger partial charge in [-0.05, 0) is 55.4 Å². The first-order chi connectivity index (χ1) is 12.2. The summed E-state index contributed by atoms with van der Waals surface area (Å²) in [5.74, 6) is 1.43. The number of aromatic nitrogens is 2. The molecule has 5 nitrogen and oxygen atoms in total. The Bertz CT molecular complexity index is 747. The number of aryl methyl sites for hydroxylation is 1. The molecule has 2 aliphatic heterocycles. The van der Waals surface area contributed by atoms with Crippen LogP contribution in [0, 0.1) is 12.8 Å².